The van der Waals surface area contributed by atoms with Gasteiger partial charge in [-0.3, -0.25) is 0 Å². The summed E-state index contributed by atoms with van der Waals surface area (Å²) in [6, 6.07) is 0. The van der Waals surface area contributed by atoms with Gasteiger partial charge in [0.1, 0.15) is 0 Å². The molecule has 1 aliphatic rings. The average Bonchev–Trinajstić information content (AvgIpc) is 2.59. The van der Waals surface area contributed by atoms with Gasteiger partial charge in [-0.25, -0.2) is 4.98 Å². The first-order chi connectivity index (χ1) is 8.11. The number of hydrogen-bond donors (Lipinski definition) is 1. The van der Waals surface area contributed by atoms with Crippen LogP contribution in [0.1, 0.15) is 49.8 Å². The van der Waals surface area contributed by atoms with E-state index in [0.29, 0.717) is 0 Å². The zero-order chi connectivity index (χ0) is 12.4. The molecule has 96 valence electrons. The number of nitrogens with zero attached hydrogens (tertiary/aromatic N) is 2. The molecule has 0 radical (unpaired) electrons. The van der Waals surface area contributed by atoms with Crippen LogP contribution in [-0.2, 0) is 0 Å². The van der Waals surface area contributed by atoms with Crippen LogP contribution >= 0.6 is 11.3 Å². The van der Waals surface area contributed by atoms with Gasteiger partial charge < -0.3 is 10.0 Å². The van der Waals surface area contributed by atoms with Crippen LogP contribution in [-0.4, -0.2) is 23.2 Å². The van der Waals surface area contributed by atoms with Gasteiger partial charge in [-0.1, -0.05) is 17.8 Å². The predicted molar refractivity (Wildman–Crippen MR) is 72.7 cm³/mol. The Kier molecular flexibility index (Phi) is 4.05. The number of aliphatic hydroxyl groups is 1. The van der Waals surface area contributed by atoms with Gasteiger partial charge in [0.05, 0.1) is 16.7 Å². The largest absolute Gasteiger partial charge is 0.388 e. The van der Waals surface area contributed by atoms with Gasteiger partial charge in [0, 0.05) is 13.1 Å². The van der Waals surface area contributed by atoms with Crippen molar-refractivity contribution in [2.24, 2.45) is 5.92 Å². The molecule has 1 unspecified atom stereocenters. The summed E-state index contributed by atoms with van der Waals surface area (Å²) >= 11 is 1.64. The Balaban J connectivity index is 2.09. The number of aromatic nitrogens is 1. The molecule has 3 nitrogen and oxygen atoms in total. The molecule has 1 fully saturated rings. The van der Waals surface area contributed by atoms with Crippen molar-refractivity contribution in [3.63, 3.8) is 0 Å². The van der Waals surface area contributed by atoms with Crippen molar-refractivity contribution in [1.82, 2.24) is 4.98 Å². The highest BCUT2D eigenvalue weighted by molar-refractivity contribution is 7.15. The van der Waals surface area contributed by atoms with Crippen LogP contribution in [0.3, 0.4) is 0 Å². The molecule has 0 aromatic carbocycles. The molecule has 2 rings (SSSR count). The number of anilines is 1. The van der Waals surface area contributed by atoms with Crippen molar-refractivity contribution < 1.29 is 5.11 Å². The van der Waals surface area contributed by atoms with Crippen LogP contribution in [0.5, 0.6) is 0 Å². The fraction of sp³-hybridized carbons (Fsp3) is 0.769. The Morgan fingerprint density at radius 1 is 1.53 bits per heavy atom. The molecule has 1 saturated carbocycles. The van der Waals surface area contributed by atoms with Gasteiger partial charge in [0.25, 0.3) is 0 Å². The van der Waals surface area contributed by atoms with E-state index in [1.54, 1.807) is 11.3 Å². The van der Waals surface area contributed by atoms with E-state index >= 15 is 0 Å². The molecule has 17 heavy (non-hydrogen) atoms. The molecule has 0 amide bonds. The van der Waals surface area contributed by atoms with Crippen LogP contribution in [0.15, 0.2) is 0 Å². The molecular formula is C13H22N2OS. The molecule has 4 heteroatoms. The number of hydrogen-bond acceptors (Lipinski definition) is 4. The molecule has 0 spiro atoms. The Morgan fingerprint density at radius 2 is 2.24 bits per heavy atom. The van der Waals surface area contributed by atoms with Crippen molar-refractivity contribution in [2.75, 3.05) is 18.0 Å². The zero-order valence-corrected chi connectivity index (χ0v) is 11.8. The first-order valence-corrected chi connectivity index (χ1v) is 7.33. The van der Waals surface area contributed by atoms with Gasteiger partial charge in [-0.05, 0) is 39.5 Å². The van der Waals surface area contributed by atoms with Crippen molar-refractivity contribution in [3.05, 3.63) is 10.6 Å². The van der Waals surface area contributed by atoms with Gasteiger partial charge in [-0.15, -0.1) is 0 Å². The fourth-order valence-electron chi connectivity index (χ4n) is 2.25. The van der Waals surface area contributed by atoms with E-state index < -0.39 is 6.10 Å². The quantitative estimate of drug-likeness (QED) is 0.877. The molecule has 1 heterocycles. The molecule has 1 aromatic rings. The third kappa shape index (κ3) is 2.80. The molecular weight excluding hydrogens is 232 g/mol. The first-order valence-electron chi connectivity index (χ1n) is 6.52. The number of rotatable bonds is 5. The topological polar surface area (TPSA) is 36.4 Å². The summed E-state index contributed by atoms with van der Waals surface area (Å²) < 4.78 is 0. The van der Waals surface area contributed by atoms with Crippen LogP contribution in [0.4, 0.5) is 5.13 Å². The minimum absolute atomic E-state index is 0.399. The van der Waals surface area contributed by atoms with Crippen molar-refractivity contribution in [2.45, 2.75) is 46.1 Å². The highest BCUT2D eigenvalue weighted by Gasteiger charge is 2.22. The van der Waals surface area contributed by atoms with Crippen LogP contribution < -0.4 is 4.90 Å². The second kappa shape index (κ2) is 5.36. The van der Waals surface area contributed by atoms with Gasteiger partial charge in [0.2, 0.25) is 0 Å². The molecule has 1 aromatic heterocycles. The number of aryl methyl sites for hydroxylation is 1. The lowest BCUT2D eigenvalue weighted by Gasteiger charge is -2.31. The van der Waals surface area contributed by atoms with E-state index in [1.165, 1.54) is 19.3 Å². The number of thiazole rings is 1. The number of aliphatic hydroxyl groups excluding tert-OH is 1. The summed E-state index contributed by atoms with van der Waals surface area (Å²) in [6.45, 7) is 8.11. The minimum atomic E-state index is -0.399. The first kappa shape index (κ1) is 12.8. The maximum absolute atomic E-state index is 9.66. The maximum Gasteiger partial charge on any atom is 0.185 e. The lowest BCUT2D eigenvalue weighted by atomic mass is 9.85. The Bertz CT molecular complexity index is 371. The molecule has 1 aliphatic carbocycles. The normalized spacial score (nSPS) is 17.9. The van der Waals surface area contributed by atoms with Gasteiger partial charge in [0.15, 0.2) is 5.13 Å². The Hall–Kier alpha value is -0.610. The molecule has 0 saturated heterocycles. The smallest absolute Gasteiger partial charge is 0.185 e. The summed E-state index contributed by atoms with van der Waals surface area (Å²) in [5.74, 6) is 0.856. The minimum Gasteiger partial charge on any atom is -0.388 e. The Labute approximate surface area is 107 Å². The van der Waals surface area contributed by atoms with E-state index in [9.17, 15) is 5.11 Å². The summed E-state index contributed by atoms with van der Waals surface area (Å²) in [6.07, 6.45) is 3.72. The fourth-order valence-corrected chi connectivity index (χ4v) is 3.32. The average molecular weight is 254 g/mol. The van der Waals surface area contributed by atoms with Crippen LogP contribution in [0.25, 0.3) is 0 Å². The van der Waals surface area contributed by atoms with E-state index in [2.05, 4.69) is 16.8 Å². The molecule has 0 aliphatic heterocycles. The molecule has 0 bridgehead atoms. The van der Waals surface area contributed by atoms with E-state index in [1.807, 2.05) is 13.8 Å². The lowest BCUT2D eigenvalue weighted by molar-refractivity contribution is 0.202. The summed E-state index contributed by atoms with van der Waals surface area (Å²) in [4.78, 5) is 7.96. The third-order valence-electron chi connectivity index (χ3n) is 3.56. The third-order valence-corrected chi connectivity index (χ3v) is 4.94. The summed E-state index contributed by atoms with van der Waals surface area (Å²) in [5.41, 5.74) is 0.979. The second-order valence-corrected chi connectivity index (χ2v) is 5.97. The van der Waals surface area contributed by atoms with E-state index in [0.717, 1.165) is 34.7 Å². The van der Waals surface area contributed by atoms with Crippen molar-refractivity contribution in [3.8, 4) is 0 Å². The Morgan fingerprint density at radius 3 is 2.65 bits per heavy atom. The summed E-state index contributed by atoms with van der Waals surface area (Å²) in [7, 11) is 0. The lowest BCUT2D eigenvalue weighted by Crippen LogP contribution is -2.32. The van der Waals surface area contributed by atoms with Crippen LogP contribution in [0, 0.1) is 12.8 Å². The predicted octanol–water partition coefficient (Wildman–Crippen LogP) is 3.13. The van der Waals surface area contributed by atoms with Gasteiger partial charge in [-0.2, -0.15) is 0 Å². The highest BCUT2D eigenvalue weighted by atomic mass is 32.1. The monoisotopic (exact) mass is 254 g/mol. The van der Waals surface area contributed by atoms with Crippen molar-refractivity contribution >= 4 is 16.5 Å². The SMILES string of the molecule is CCN(CC1CCC1)c1nc(C)c(C(C)O)s1. The van der Waals surface area contributed by atoms with Crippen molar-refractivity contribution in [1.29, 1.82) is 0 Å². The molecule has 1 N–H and O–H groups in total. The highest BCUT2D eigenvalue weighted by Crippen LogP contribution is 2.33. The standard InChI is InChI=1S/C13H22N2OS/c1-4-15(8-11-6-5-7-11)13-14-9(2)12(17-13)10(3)16/h10-11,16H,4-8H2,1-3H3. The van der Waals surface area contributed by atoms with E-state index in [-0.39, 0.29) is 0 Å². The zero-order valence-electron chi connectivity index (χ0n) is 10.9. The maximum atomic E-state index is 9.66. The second-order valence-electron chi connectivity index (χ2n) is 4.96. The summed E-state index contributed by atoms with van der Waals surface area (Å²) in [5, 5.41) is 10.7. The van der Waals surface area contributed by atoms with E-state index in [4.69, 9.17) is 0 Å². The van der Waals surface area contributed by atoms with Crippen LogP contribution in [0.2, 0.25) is 0 Å². The van der Waals surface area contributed by atoms with Gasteiger partial charge >= 0.3 is 0 Å². The molecule has 1 atom stereocenters.